The van der Waals surface area contributed by atoms with Crippen LogP contribution >= 0.6 is 28.3 Å². The number of benzene rings is 1. The molecule has 0 aliphatic rings. The summed E-state index contributed by atoms with van der Waals surface area (Å²) in [6.07, 6.45) is 0. The highest BCUT2D eigenvalue weighted by Gasteiger charge is 2.27. The van der Waals surface area contributed by atoms with Crippen LogP contribution in [0.25, 0.3) is 0 Å². The molecule has 5 nitrogen and oxygen atoms in total. The average Bonchev–Trinajstić information content (AvgIpc) is 2.35. The Morgan fingerprint density at radius 2 is 1.95 bits per heavy atom. The van der Waals surface area contributed by atoms with E-state index in [0.29, 0.717) is 11.3 Å². The van der Waals surface area contributed by atoms with Crippen molar-refractivity contribution in [1.82, 2.24) is 10.6 Å². The molecule has 0 heterocycles. The SMILES string of the molecule is CNC(=O)C(C)(C)CNC(=O)c1ccc(Br)cc1N.Cl. The van der Waals surface area contributed by atoms with Crippen LogP contribution in [0.1, 0.15) is 24.2 Å². The molecule has 0 atom stereocenters. The minimum absolute atomic E-state index is 0. The summed E-state index contributed by atoms with van der Waals surface area (Å²) >= 11 is 3.28. The Hall–Kier alpha value is -1.27. The maximum absolute atomic E-state index is 12.0. The molecule has 1 rings (SSSR count). The van der Waals surface area contributed by atoms with Crippen LogP contribution in [-0.4, -0.2) is 25.4 Å². The summed E-state index contributed by atoms with van der Waals surface area (Å²) in [5.41, 5.74) is 5.90. The van der Waals surface area contributed by atoms with Gasteiger partial charge in [0.1, 0.15) is 0 Å². The summed E-state index contributed by atoms with van der Waals surface area (Å²) in [7, 11) is 1.57. The van der Waals surface area contributed by atoms with E-state index in [1.165, 1.54) is 0 Å². The molecule has 20 heavy (non-hydrogen) atoms. The first-order valence-electron chi connectivity index (χ1n) is 5.83. The molecule has 7 heteroatoms. The predicted molar refractivity (Wildman–Crippen MR) is 86.0 cm³/mol. The zero-order chi connectivity index (χ0) is 14.6. The van der Waals surface area contributed by atoms with Gasteiger partial charge in [-0.2, -0.15) is 0 Å². The van der Waals surface area contributed by atoms with E-state index in [1.807, 2.05) is 0 Å². The summed E-state index contributed by atoms with van der Waals surface area (Å²) < 4.78 is 0.812. The van der Waals surface area contributed by atoms with E-state index in [9.17, 15) is 9.59 Å². The lowest BCUT2D eigenvalue weighted by molar-refractivity contribution is -0.128. The Labute approximate surface area is 133 Å². The number of rotatable bonds is 4. The Morgan fingerprint density at radius 3 is 2.45 bits per heavy atom. The lowest BCUT2D eigenvalue weighted by Gasteiger charge is -2.23. The van der Waals surface area contributed by atoms with E-state index >= 15 is 0 Å². The fraction of sp³-hybridized carbons (Fsp3) is 0.385. The number of halogens is 2. The first-order chi connectivity index (χ1) is 8.77. The molecule has 1 aromatic carbocycles. The normalized spacial score (nSPS) is 10.4. The summed E-state index contributed by atoms with van der Waals surface area (Å²) in [5.74, 6) is -0.418. The molecule has 0 aliphatic heterocycles. The number of nitrogens with one attached hydrogen (secondary N) is 2. The Kier molecular flexibility index (Phi) is 7.02. The van der Waals surface area contributed by atoms with Gasteiger partial charge in [0.25, 0.3) is 5.91 Å². The van der Waals surface area contributed by atoms with Crippen molar-refractivity contribution in [1.29, 1.82) is 0 Å². The van der Waals surface area contributed by atoms with Crippen LogP contribution in [-0.2, 0) is 4.79 Å². The lowest BCUT2D eigenvalue weighted by Crippen LogP contribution is -2.43. The summed E-state index contributed by atoms with van der Waals surface area (Å²) in [6.45, 7) is 3.76. The molecular weight excluding hydrogens is 346 g/mol. The molecule has 2 amide bonds. The van der Waals surface area contributed by atoms with E-state index in [4.69, 9.17) is 5.73 Å². The number of amides is 2. The first kappa shape index (κ1) is 18.7. The highest BCUT2D eigenvalue weighted by molar-refractivity contribution is 9.10. The van der Waals surface area contributed by atoms with Gasteiger partial charge in [-0.15, -0.1) is 12.4 Å². The molecule has 1 aromatic rings. The third-order valence-electron chi connectivity index (χ3n) is 2.79. The Balaban J connectivity index is 0.00000361. The summed E-state index contributed by atoms with van der Waals surface area (Å²) in [6, 6.07) is 5.05. The first-order valence-corrected chi connectivity index (χ1v) is 6.62. The van der Waals surface area contributed by atoms with Crippen molar-refractivity contribution in [3.8, 4) is 0 Å². The van der Waals surface area contributed by atoms with Gasteiger partial charge in [-0.25, -0.2) is 0 Å². The Morgan fingerprint density at radius 1 is 1.35 bits per heavy atom. The highest BCUT2D eigenvalue weighted by Crippen LogP contribution is 2.19. The van der Waals surface area contributed by atoms with Crippen LogP contribution < -0.4 is 16.4 Å². The molecule has 112 valence electrons. The third kappa shape index (κ3) is 4.68. The molecule has 0 bridgehead atoms. The van der Waals surface area contributed by atoms with Crippen molar-refractivity contribution in [2.24, 2.45) is 5.41 Å². The van der Waals surface area contributed by atoms with Crippen molar-refractivity contribution >= 4 is 45.8 Å². The minimum atomic E-state index is -0.672. The molecule has 0 aromatic heterocycles. The van der Waals surface area contributed by atoms with Gasteiger partial charge in [-0.3, -0.25) is 9.59 Å². The second-order valence-electron chi connectivity index (χ2n) is 4.88. The van der Waals surface area contributed by atoms with Crippen molar-refractivity contribution in [3.05, 3.63) is 28.2 Å². The molecular formula is C13H19BrClN3O2. The maximum Gasteiger partial charge on any atom is 0.253 e. The van der Waals surface area contributed by atoms with Crippen LogP contribution in [0.15, 0.2) is 22.7 Å². The predicted octanol–water partition coefficient (Wildman–Crippen LogP) is 1.96. The second-order valence-corrected chi connectivity index (χ2v) is 5.79. The van der Waals surface area contributed by atoms with Crippen LogP contribution in [0.4, 0.5) is 5.69 Å². The number of carbonyl (C=O) groups is 2. The van der Waals surface area contributed by atoms with E-state index in [1.54, 1.807) is 39.1 Å². The van der Waals surface area contributed by atoms with Gasteiger partial charge >= 0.3 is 0 Å². The quantitative estimate of drug-likeness (QED) is 0.714. The fourth-order valence-electron chi connectivity index (χ4n) is 1.56. The average molecular weight is 365 g/mol. The molecule has 0 radical (unpaired) electrons. The van der Waals surface area contributed by atoms with Gasteiger partial charge in [0.2, 0.25) is 5.91 Å². The number of anilines is 1. The van der Waals surface area contributed by atoms with Crippen LogP contribution in [0, 0.1) is 5.41 Å². The number of nitrogen functional groups attached to an aromatic ring is 1. The maximum atomic E-state index is 12.0. The van der Waals surface area contributed by atoms with E-state index in [0.717, 1.165) is 4.47 Å². The molecule has 0 saturated heterocycles. The molecule has 0 saturated carbocycles. The zero-order valence-electron chi connectivity index (χ0n) is 11.6. The van der Waals surface area contributed by atoms with E-state index < -0.39 is 5.41 Å². The number of hydrogen-bond donors (Lipinski definition) is 3. The lowest BCUT2D eigenvalue weighted by atomic mass is 9.92. The topological polar surface area (TPSA) is 84.2 Å². The standard InChI is InChI=1S/C13H18BrN3O2.ClH/c1-13(2,12(19)16-3)7-17-11(18)9-5-4-8(14)6-10(9)15;/h4-6H,7,15H2,1-3H3,(H,16,19)(H,17,18);1H. The van der Waals surface area contributed by atoms with Crippen molar-refractivity contribution in [2.45, 2.75) is 13.8 Å². The van der Waals surface area contributed by atoms with Crippen molar-refractivity contribution in [2.75, 3.05) is 19.3 Å². The minimum Gasteiger partial charge on any atom is -0.398 e. The smallest absolute Gasteiger partial charge is 0.253 e. The van der Waals surface area contributed by atoms with Gasteiger partial charge < -0.3 is 16.4 Å². The zero-order valence-corrected chi connectivity index (χ0v) is 14.0. The Bertz CT molecular complexity index is 506. The van der Waals surface area contributed by atoms with Gasteiger partial charge in [0.05, 0.1) is 11.0 Å². The van der Waals surface area contributed by atoms with Crippen molar-refractivity contribution in [3.63, 3.8) is 0 Å². The second kappa shape index (κ2) is 7.50. The van der Waals surface area contributed by atoms with Gasteiger partial charge in [-0.1, -0.05) is 15.9 Å². The van der Waals surface area contributed by atoms with Gasteiger partial charge in [-0.05, 0) is 32.0 Å². The summed E-state index contributed by atoms with van der Waals surface area (Å²) in [5, 5.41) is 5.29. The summed E-state index contributed by atoms with van der Waals surface area (Å²) in [4.78, 5) is 23.6. The van der Waals surface area contributed by atoms with E-state index in [-0.39, 0.29) is 30.8 Å². The van der Waals surface area contributed by atoms with Gasteiger partial charge in [0.15, 0.2) is 0 Å². The van der Waals surface area contributed by atoms with E-state index in [2.05, 4.69) is 26.6 Å². The third-order valence-corrected chi connectivity index (χ3v) is 3.28. The molecule has 0 aliphatic carbocycles. The molecule has 0 spiro atoms. The molecule has 4 N–H and O–H groups in total. The van der Waals surface area contributed by atoms with Crippen molar-refractivity contribution < 1.29 is 9.59 Å². The number of carbonyl (C=O) groups excluding carboxylic acids is 2. The largest absolute Gasteiger partial charge is 0.398 e. The van der Waals surface area contributed by atoms with Crippen LogP contribution in [0.5, 0.6) is 0 Å². The van der Waals surface area contributed by atoms with Crippen LogP contribution in [0.3, 0.4) is 0 Å². The number of hydrogen-bond acceptors (Lipinski definition) is 3. The molecule has 0 fully saturated rings. The van der Waals surface area contributed by atoms with Gasteiger partial charge in [0, 0.05) is 23.8 Å². The fourth-order valence-corrected chi connectivity index (χ4v) is 1.93. The highest BCUT2D eigenvalue weighted by atomic mass is 79.9. The van der Waals surface area contributed by atoms with Crippen LogP contribution in [0.2, 0.25) is 0 Å². The number of nitrogens with two attached hydrogens (primary N) is 1. The monoisotopic (exact) mass is 363 g/mol. The molecule has 0 unspecified atom stereocenters.